The van der Waals surface area contributed by atoms with Crippen LogP contribution in [0.15, 0.2) is 41.8 Å². The van der Waals surface area contributed by atoms with E-state index in [2.05, 4.69) is 11.9 Å². The third-order valence-corrected chi connectivity index (χ3v) is 5.56. The summed E-state index contributed by atoms with van der Waals surface area (Å²) in [5, 5.41) is 10.9. The highest BCUT2D eigenvalue weighted by Gasteiger charge is 2.21. The lowest BCUT2D eigenvalue weighted by molar-refractivity contribution is -0.143. The van der Waals surface area contributed by atoms with Gasteiger partial charge in [0.25, 0.3) is 0 Å². The molecular formula is C17H23NO6S. The number of hydrogen-bond acceptors (Lipinski definition) is 5. The number of hydrogen-bond donors (Lipinski definition) is 2. The Bertz CT molecular complexity index is 709. The van der Waals surface area contributed by atoms with E-state index in [0.717, 1.165) is 0 Å². The summed E-state index contributed by atoms with van der Waals surface area (Å²) in [5.74, 6) is -1.69. The fourth-order valence-electron chi connectivity index (χ4n) is 1.94. The second-order valence-corrected chi connectivity index (χ2v) is 8.20. The molecular weight excluding hydrogens is 346 g/mol. The number of nitrogens with one attached hydrogen (secondary N) is 1. The first-order chi connectivity index (χ1) is 11.7. The minimum absolute atomic E-state index is 0.0623. The van der Waals surface area contributed by atoms with Crippen LogP contribution >= 0.6 is 0 Å². The maximum atomic E-state index is 12.0. The fraction of sp³-hybridized carbons (Fsp3) is 0.412. The Morgan fingerprint density at radius 3 is 2.36 bits per heavy atom. The normalized spacial score (nSPS) is 12.6. The van der Waals surface area contributed by atoms with E-state index in [4.69, 9.17) is 9.84 Å². The molecule has 0 spiro atoms. The van der Waals surface area contributed by atoms with E-state index in [-0.39, 0.29) is 24.5 Å². The van der Waals surface area contributed by atoms with Gasteiger partial charge in [0, 0.05) is 0 Å². The summed E-state index contributed by atoms with van der Waals surface area (Å²) in [6, 6.07) is 4.81. The van der Waals surface area contributed by atoms with Crippen LogP contribution in [-0.2, 0) is 30.6 Å². The Morgan fingerprint density at radius 1 is 1.28 bits per heavy atom. The number of ether oxygens (including phenoxy) is 1. The Balaban J connectivity index is 2.70. The zero-order valence-corrected chi connectivity index (χ0v) is 15.1. The van der Waals surface area contributed by atoms with Gasteiger partial charge >= 0.3 is 5.97 Å². The minimum atomic E-state index is -3.37. The van der Waals surface area contributed by atoms with E-state index in [9.17, 15) is 18.0 Å². The molecule has 1 rings (SSSR count). The highest BCUT2D eigenvalue weighted by molar-refractivity contribution is 7.92. The predicted molar refractivity (Wildman–Crippen MR) is 93.1 cm³/mol. The average molecular weight is 369 g/mol. The van der Waals surface area contributed by atoms with Gasteiger partial charge in [-0.05, 0) is 31.5 Å². The molecule has 0 bridgehead atoms. The minimum Gasteiger partial charge on any atom is -0.480 e. The van der Waals surface area contributed by atoms with Crippen molar-refractivity contribution in [1.29, 1.82) is 0 Å². The number of rotatable bonds is 10. The summed E-state index contributed by atoms with van der Waals surface area (Å²) in [7, 11) is -3.37. The molecule has 0 aliphatic carbocycles. The first kappa shape index (κ1) is 20.9. The van der Waals surface area contributed by atoms with E-state index in [0.29, 0.717) is 5.56 Å². The highest BCUT2D eigenvalue weighted by atomic mass is 32.2. The summed E-state index contributed by atoms with van der Waals surface area (Å²) in [4.78, 5) is 23.3. The van der Waals surface area contributed by atoms with Crippen LogP contribution in [0.5, 0.6) is 0 Å². The number of aliphatic carboxylic acids is 1. The zero-order valence-electron chi connectivity index (χ0n) is 14.3. The first-order valence-corrected chi connectivity index (χ1v) is 9.26. The number of carboxylic acids is 1. The maximum absolute atomic E-state index is 12.0. The fourth-order valence-corrected chi connectivity index (χ4v) is 3.00. The summed E-state index contributed by atoms with van der Waals surface area (Å²) in [6.07, 6.45) is 1.42. The quantitative estimate of drug-likeness (QED) is 0.473. The Hall–Kier alpha value is -2.19. The van der Waals surface area contributed by atoms with Gasteiger partial charge in [0.05, 0.1) is 29.8 Å². The lowest BCUT2D eigenvalue weighted by atomic mass is 10.1. The van der Waals surface area contributed by atoms with E-state index in [1.165, 1.54) is 18.2 Å². The van der Waals surface area contributed by atoms with Crippen molar-refractivity contribution in [3.63, 3.8) is 0 Å². The van der Waals surface area contributed by atoms with Crippen LogP contribution in [0.1, 0.15) is 19.4 Å². The highest BCUT2D eigenvalue weighted by Crippen LogP contribution is 2.16. The van der Waals surface area contributed by atoms with E-state index in [1.807, 2.05) is 0 Å². The number of amides is 1. The molecule has 8 heteroatoms. The Morgan fingerprint density at radius 2 is 1.88 bits per heavy atom. The Kier molecular flexibility index (Phi) is 7.79. The first-order valence-electron chi connectivity index (χ1n) is 7.72. The van der Waals surface area contributed by atoms with Gasteiger partial charge < -0.3 is 15.2 Å². The molecule has 0 heterocycles. The molecule has 2 N–H and O–H groups in total. The maximum Gasteiger partial charge on any atom is 0.328 e. The van der Waals surface area contributed by atoms with Crippen LogP contribution in [0.3, 0.4) is 0 Å². The lowest BCUT2D eigenvalue weighted by Gasteiger charge is -2.14. The van der Waals surface area contributed by atoms with Crippen LogP contribution in [0.4, 0.5) is 0 Å². The number of carbonyl (C=O) groups is 2. The zero-order chi connectivity index (χ0) is 19.0. The van der Waals surface area contributed by atoms with Crippen molar-refractivity contribution in [2.45, 2.75) is 36.5 Å². The van der Waals surface area contributed by atoms with Gasteiger partial charge in [0.1, 0.15) is 0 Å². The number of carboxylic acid groups (broad SMARTS) is 1. The number of sulfone groups is 1. The van der Waals surface area contributed by atoms with E-state index < -0.39 is 33.0 Å². The molecule has 1 unspecified atom stereocenters. The molecule has 1 amide bonds. The predicted octanol–water partition coefficient (Wildman–Crippen LogP) is 1.18. The van der Waals surface area contributed by atoms with Crippen molar-refractivity contribution < 1.29 is 27.9 Å². The molecule has 25 heavy (non-hydrogen) atoms. The second kappa shape index (κ2) is 9.33. The topological polar surface area (TPSA) is 110 Å². The monoisotopic (exact) mass is 369 g/mol. The van der Waals surface area contributed by atoms with Gasteiger partial charge in [-0.1, -0.05) is 18.2 Å². The van der Waals surface area contributed by atoms with E-state index in [1.54, 1.807) is 26.0 Å². The summed E-state index contributed by atoms with van der Waals surface area (Å²) in [5.41, 5.74) is 0.580. The molecule has 1 atom stereocenters. The standard InChI is InChI=1S/C17H23NO6S/c1-4-9-24-11-15(17(20)21)18-16(19)10-13-5-7-14(8-6-13)25(22,23)12(2)3/h4-8,12,15H,1,9-11H2,2-3H3,(H,18,19)(H,20,21). The Labute approximate surface area is 147 Å². The average Bonchev–Trinajstić information content (AvgIpc) is 2.54. The molecule has 0 aliphatic rings. The summed E-state index contributed by atoms with van der Waals surface area (Å²) in [6.45, 7) is 6.66. The molecule has 0 aliphatic heterocycles. The van der Waals surface area contributed by atoms with Crippen molar-refractivity contribution in [3.8, 4) is 0 Å². The molecule has 1 aromatic rings. The second-order valence-electron chi connectivity index (χ2n) is 5.70. The molecule has 1 aromatic carbocycles. The third kappa shape index (κ3) is 6.32. The number of benzene rings is 1. The van der Waals surface area contributed by atoms with Gasteiger partial charge in [-0.3, -0.25) is 4.79 Å². The van der Waals surface area contributed by atoms with E-state index >= 15 is 0 Å². The SMILES string of the molecule is C=CCOCC(NC(=O)Cc1ccc(S(=O)(=O)C(C)C)cc1)C(=O)O. The van der Waals surface area contributed by atoms with Crippen molar-refractivity contribution >= 4 is 21.7 Å². The van der Waals surface area contributed by atoms with Crippen LogP contribution in [0.25, 0.3) is 0 Å². The van der Waals surface area contributed by atoms with Crippen LogP contribution in [-0.4, -0.2) is 49.9 Å². The van der Waals surface area contributed by atoms with Gasteiger partial charge in [-0.15, -0.1) is 6.58 Å². The summed E-state index contributed by atoms with van der Waals surface area (Å²) < 4.78 is 29.1. The van der Waals surface area contributed by atoms with Gasteiger partial charge in [0.2, 0.25) is 5.91 Å². The molecule has 0 saturated carbocycles. The summed E-state index contributed by atoms with van der Waals surface area (Å²) >= 11 is 0. The molecule has 0 aromatic heterocycles. The molecule has 0 fully saturated rings. The van der Waals surface area contributed by atoms with Crippen molar-refractivity contribution in [2.75, 3.05) is 13.2 Å². The van der Waals surface area contributed by atoms with Crippen molar-refractivity contribution in [3.05, 3.63) is 42.5 Å². The van der Waals surface area contributed by atoms with Gasteiger partial charge in [0.15, 0.2) is 15.9 Å². The van der Waals surface area contributed by atoms with Gasteiger partial charge in [-0.25, -0.2) is 13.2 Å². The molecule has 0 saturated heterocycles. The number of carbonyl (C=O) groups excluding carboxylic acids is 1. The lowest BCUT2D eigenvalue weighted by Crippen LogP contribution is -2.44. The van der Waals surface area contributed by atoms with Crippen LogP contribution < -0.4 is 5.32 Å². The van der Waals surface area contributed by atoms with Crippen molar-refractivity contribution in [2.24, 2.45) is 0 Å². The van der Waals surface area contributed by atoms with Crippen molar-refractivity contribution in [1.82, 2.24) is 5.32 Å². The molecule has 138 valence electrons. The molecule has 7 nitrogen and oxygen atoms in total. The largest absolute Gasteiger partial charge is 0.480 e. The smallest absolute Gasteiger partial charge is 0.328 e. The molecule has 0 radical (unpaired) electrons. The van der Waals surface area contributed by atoms with Gasteiger partial charge in [-0.2, -0.15) is 0 Å². The van der Waals surface area contributed by atoms with Crippen LogP contribution in [0.2, 0.25) is 0 Å². The third-order valence-electron chi connectivity index (χ3n) is 3.39. The van der Waals surface area contributed by atoms with Crippen LogP contribution in [0, 0.1) is 0 Å².